The molecule has 0 spiro atoms. The summed E-state index contributed by atoms with van der Waals surface area (Å²) in [7, 11) is 0. The maximum Gasteiger partial charge on any atom is 0.268 e. The van der Waals surface area contributed by atoms with Gasteiger partial charge in [-0.1, -0.05) is 31.2 Å². The van der Waals surface area contributed by atoms with E-state index < -0.39 is 24.0 Å². The molecule has 0 aliphatic carbocycles. The Morgan fingerprint density at radius 3 is 2.29 bits per heavy atom. The molecule has 8 heteroatoms. The van der Waals surface area contributed by atoms with E-state index in [9.17, 15) is 19.5 Å². The Morgan fingerprint density at radius 1 is 1.04 bits per heavy atom. The molecule has 0 radical (unpaired) electrons. The first kappa shape index (κ1) is 21.1. The van der Waals surface area contributed by atoms with Gasteiger partial charge in [0, 0.05) is 17.7 Å². The normalized spacial score (nSPS) is 12.6. The van der Waals surface area contributed by atoms with Gasteiger partial charge in [-0.3, -0.25) is 19.6 Å². The van der Waals surface area contributed by atoms with Crippen molar-refractivity contribution in [3.05, 3.63) is 54.1 Å². The lowest BCUT2D eigenvalue weighted by atomic mass is 10.0. The molecule has 28 heavy (non-hydrogen) atoms. The average molecular weight is 385 g/mol. The number of carbonyl (C=O) groups excluding carboxylic acids is 3. The third-order valence-corrected chi connectivity index (χ3v) is 4.11. The number of hydrogen-bond acceptors (Lipinski definition) is 5. The minimum Gasteiger partial charge on any atom is -0.391 e. The predicted molar refractivity (Wildman–Crippen MR) is 104 cm³/mol. The quantitative estimate of drug-likeness (QED) is 0.366. The van der Waals surface area contributed by atoms with Gasteiger partial charge in [0.2, 0.25) is 5.91 Å². The number of carbonyl (C=O) groups is 3. The minimum absolute atomic E-state index is 0.0799. The molecule has 2 rings (SSSR count). The minimum atomic E-state index is -1.28. The molecule has 0 unspecified atom stereocenters. The lowest BCUT2D eigenvalue weighted by Crippen LogP contribution is -2.51. The zero-order chi connectivity index (χ0) is 20.7. The van der Waals surface area contributed by atoms with Gasteiger partial charge in [-0.05, 0) is 42.3 Å². The topological polar surface area (TPSA) is 128 Å². The summed E-state index contributed by atoms with van der Waals surface area (Å²) >= 11 is 0. The van der Waals surface area contributed by atoms with E-state index in [1.165, 1.54) is 12.4 Å². The molecule has 2 aromatic rings. The van der Waals surface area contributed by atoms with Crippen LogP contribution in [0.25, 0.3) is 11.1 Å². The standard InChI is InChI=1S/C20H23N3O5/c1-3-17(25)21-16-6-4-5-15(11-16)13-7-9-14(10-8-13)19(26)22-18(12(2)24)20(27)23-28/h4-12,18,24,28H,3H2,1-2H3,(H,21,25)(H,22,26)(H,23,27)/t12-,18+/m1/s1. The van der Waals surface area contributed by atoms with Crippen LogP contribution in [0.15, 0.2) is 48.5 Å². The van der Waals surface area contributed by atoms with Crippen LogP contribution in [-0.4, -0.2) is 40.2 Å². The fourth-order valence-corrected chi connectivity index (χ4v) is 2.54. The second kappa shape index (κ2) is 9.63. The summed E-state index contributed by atoms with van der Waals surface area (Å²) in [5.74, 6) is -1.56. The number of rotatable bonds is 7. The summed E-state index contributed by atoms with van der Waals surface area (Å²) in [5, 5.41) is 23.5. The highest BCUT2D eigenvalue weighted by Gasteiger charge is 2.25. The second-order valence-corrected chi connectivity index (χ2v) is 6.23. The van der Waals surface area contributed by atoms with Gasteiger partial charge in [0.1, 0.15) is 6.04 Å². The highest BCUT2D eigenvalue weighted by Crippen LogP contribution is 2.23. The Morgan fingerprint density at radius 2 is 1.71 bits per heavy atom. The summed E-state index contributed by atoms with van der Waals surface area (Å²) < 4.78 is 0. The molecule has 0 saturated heterocycles. The number of hydrogen-bond donors (Lipinski definition) is 5. The summed E-state index contributed by atoms with van der Waals surface area (Å²) in [4.78, 5) is 35.4. The lowest BCUT2D eigenvalue weighted by Gasteiger charge is -2.19. The Balaban J connectivity index is 2.15. The molecule has 2 atom stereocenters. The SMILES string of the molecule is CCC(=O)Nc1cccc(-c2ccc(C(=O)N[C@H](C(=O)NO)[C@@H](C)O)cc2)c1. The van der Waals surface area contributed by atoms with Gasteiger partial charge >= 0.3 is 0 Å². The van der Waals surface area contributed by atoms with E-state index in [0.717, 1.165) is 11.1 Å². The van der Waals surface area contributed by atoms with Crippen LogP contribution in [-0.2, 0) is 9.59 Å². The fraction of sp³-hybridized carbons (Fsp3) is 0.250. The van der Waals surface area contributed by atoms with Crippen LogP contribution in [0, 0.1) is 0 Å². The molecule has 148 valence electrons. The number of anilines is 1. The van der Waals surface area contributed by atoms with E-state index in [1.807, 2.05) is 18.2 Å². The van der Waals surface area contributed by atoms with Crippen molar-refractivity contribution in [1.29, 1.82) is 0 Å². The number of nitrogens with one attached hydrogen (secondary N) is 3. The summed E-state index contributed by atoms with van der Waals surface area (Å²) in [6.07, 6.45) is -0.799. The van der Waals surface area contributed by atoms with Crippen molar-refractivity contribution in [2.24, 2.45) is 0 Å². The first-order chi connectivity index (χ1) is 13.3. The maximum absolute atomic E-state index is 12.3. The van der Waals surface area contributed by atoms with Crippen LogP contribution < -0.4 is 16.1 Å². The molecular weight excluding hydrogens is 362 g/mol. The van der Waals surface area contributed by atoms with Crippen molar-refractivity contribution >= 4 is 23.4 Å². The second-order valence-electron chi connectivity index (χ2n) is 6.23. The fourth-order valence-electron chi connectivity index (χ4n) is 2.54. The van der Waals surface area contributed by atoms with Crippen molar-refractivity contribution in [2.45, 2.75) is 32.4 Å². The van der Waals surface area contributed by atoms with Crippen LogP contribution in [0.4, 0.5) is 5.69 Å². The van der Waals surface area contributed by atoms with E-state index >= 15 is 0 Å². The first-order valence-corrected chi connectivity index (χ1v) is 8.79. The van der Waals surface area contributed by atoms with Crippen LogP contribution in [0.3, 0.4) is 0 Å². The van der Waals surface area contributed by atoms with Gasteiger partial charge in [-0.25, -0.2) is 5.48 Å². The monoisotopic (exact) mass is 385 g/mol. The van der Waals surface area contributed by atoms with Crippen molar-refractivity contribution in [3.8, 4) is 11.1 Å². The summed E-state index contributed by atoms with van der Waals surface area (Å²) in [5.41, 5.74) is 4.08. The Labute approximate surface area is 162 Å². The van der Waals surface area contributed by atoms with Crippen LogP contribution in [0.5, 0.6) is 0 Å². The molecule has 8 nitrogen and oxygen atoms in total. The zero-order valence-electron chi connectivity index (χ0n) is 15.6. The molecular formula is C20H23N3O5. The highest BCUT2D eigenvalue weighted by molar-refractivity contribution is 5.98. The molecule has 0 bridgehead atoms. The summed E-state index contributed by atoms with van der Waals surface area (Å²) in [6, 6.07) is 12.7. The van der Waals surface area contributed by atoms with E-state index in [2.05, 4.69) is 10.6 Å². The molecule has 3 amide bonds. The van der Waals surface area contributed by atoms with E-state index in [1.54, 1.807) is 37.3 Å². The zero-order valence-corrected chi connectivity index (χ0v) is 15.6. The van der Waals surface area contributed by atoms with Crippen molar-refractivity contribution in [2.75, 3.05) is 5.32 Å². The number of amides is 3. The third kappa shape index (κ3) is 5.38. The Bertz CT molecular complexity index is 849. The highest BCUT2D eigenvalue weighted by atomic mass is 16.5. The number of aliphatic hydroxyl groups is 1. The van der Waals surface area contributed by atoms with Crippen molar-refractivity contribution in [1.82, 2.24) is 10.8 Å². The van der Waals surface area contributed by atoms with Gasteiger partial charge in [0.25, 0.3) is 11.8 Å². The van der Waals surface area contributed by atoms with Crippen LogP contribution >= 0.6 is 0 Å². The van der Waals surface area contributed by atoms with E-state index in [0.29, 0.717) is 12.1 Å². The van der Waals surface area contributed by atoms with Gasteiger partial charge < -0.3 is 15.7 Å². The Hall–Kier alpha value is -3.23. The molecule has 0 fully saturated rings. The largest absolute Gasteiger partial charge is 0.391 e. The number of benzene rings is 2. The molecule has 2 aromatic carbocycles. The molecule has 0 aliphatic heterocycles. The third-order valence-electron chi connectivity index (χ3n) is 4.11. The maximum atomic E-state index is 12.3. The van der Waals surface area contributed by atoms with Crippen molar-refractivity contribution < 1.29 is 24.7 Å². The number of hydroxylamine groups is 1. The molecule has 0 heterocycles. The summed E-state index contributed by atoms with van der Waals surface area (Å²) in [6.45, 7) is 3.10. The van der Waals surface area contributed by atoms with Crippen LogP contribution in [0.1, 0.15) is 30.6 Å². The lowest BCUT2D eigenvalue weighted by molar-refractivity contribution is -0.133. The van der Waals surface area contributed by atoms with Crippen LogP contribution in [0.2, 0.25) is 0 Å². The Kier molecular flexibility index (Phi) is 7.25. The molecule has 0 saturated carbocycles. The van der Waals surface area contributed by atoms with E-state index in [-0.39, 0.29) is 11.5 Å². The molecule has 0 aromatic heterocycles. The molecule has 5 N–H and O–H groups in total. The van der Waals surface area contributed by atoms with Gasteiger partial charge in [0.05, 0.1) is 6.10 Å². The average Bonchev–Trinajstić information content (AvgIpc) is 2.71. The van der Waals surface area contributed by atoms with Crippen molar-refractivity contribution in [3.63, 3.8) is 0 Å². The van der Waals surface area contributed by atoms with Gasteiger partial charge in [0.15, 0.2) is 0 Å². The van der Waals surface area contributed by atoms with Gasteiger partial charge in [-0.15, -0.1) is 0 Å². The van der Waals surface area contributed by atoms with Gasteiger partial charge in [-0.2, -0.15) is 0 Å². The predicted octanol–water partition coefficient (Wildman–Crippen LogP) is 1.69. The smallest absolute Gasteiger partial charge is 0.268 e. The first-order valence-electron chi connectivity index (χ1n) is 8.79. The van der Waals surface area contributed by atoms with E-state index in [4.69, 9.17) is 5.21 Å². The molecule has 0 aliphatic rings. The number of aliphatic hydroxyl groups excluding tert-OH is 1.